The summed E-state index contributed by atoms with van der Waals surface area (Å²) in [6, 6.07) is 0. The van der Waals surface area contributed by atoms with Crippen molar-refractivity contribution in [2.24, 2.45) is 5.92 Å². The number of hydrogen-bond donors (Lipinski definition) is 1. The van der Waals surface area contributed by atoms with Gasteiger partial charge in [-0.25, -0.2) is 0 Å². The predicted octanol–water partition coefficient (Wildman–Crippen LogP) is 1.58. The predicted molar refractivity (Wildman–Crippen MR) is 53.6 cm³/mol. The highest BCUT2D eigenvalue weighted by atomic mass is 16.5. The van der Waals surface area contributed by atoms with E-state index >= 15 is 0 Å². The molecule has 0 saturated heterocycles. The van der Waals surface area contributed by atoms with Crippen LogP contribution in [0, 0.1) is 5.92 Å². The topological polar surface area (TPSA) is 38.3 Å². The van der Waals surface area contributed by atoms with Crippen molar-refractivity contribution >= 4 is 5.91 Å². The van der Waals surface area contributed by atoms with Gasteiger partial charge in [-0.1, -0.05) is 20.3 Å². The summed E-state index contributed by atoms with van der Waals surface area (Å²) < 4.78 is 5.10. The van der Waals surface area contributed by atoms with Gasteiger partial charge in [0, 0.05) is 19.6 Å². The minimum Gasteiger partial charge on any atom is -0.380 e. The molecule has 3 heteroatoms. The van der Waals surface area contributed by atoms with Crippen molar-refractivity contribution in [1.29, 1.82) is 0 Å². The number of carbonyl (C=O) groups excluding carboxylic acids is 1. The van der Waals surface area contributed by atoms with Gasteiger partial charge in [-0.15, -0.1) is 0 Å². The molecule has 1 atom stereocenters. The van der Waals surface area contributed by atoms with Gasteiger partial charge in [-0.05, 0) is 12.8 Å². The fourth-order valence-electron chi connectivity index (χ4n) is 0.940. The first-order valence-corrected chi connectivity index (χ1v) is 5.05. The Morgan fingerprint density at radius 3 is 2.69 bits per heavy atom. The fourth-order valence-corrected chi connectivity index (χ4v) is 0.940. The third kappa shape index (κ3) is 7.78. The number of nitrogens with one attached hydrogen (secondary N) is 1. The minimum atomic E-state index is 0.133. The molecule has 0 aromatic carbocycles. The van der Waals surface area contributed by atoms with Gasteiger partial charge in [0.05, 0.1) is 6.61 Å². The maximum Gasteiger partial charge on any atom is 0.220 e. The molecule has 1 amide bonds. The van der Waals surface area contributed by atoms with Crippen molar-refractivity contribution in [3.05, 3.63) is 0 Å². The van der Waals surface area contributed by atoms with E-state index in [0.717, 1.165) is 6.42 Å². The Morgan fingerprint density at radius 2 is 2.15 bits per heavy atom. The highest BCUT2D eigenvalue weighted by Crippen LogP contribution is 2.04. The number of carbonyl (C=O) groups is 1. The molecule has 0 aromatic rings. The Kier molecular flexibility index (Phi) is 7.69. The summed E-state index contributed by atoms with van der Waals surface area (Å²) in [6.45, 7) is 8.08. The molecule has 3 nitrogen and oxygen atoms in total. The van der Waals surface area contributed by atoms with Gasteiger partial charge in [0.1, 0.15) is 0 Å². The Balaban J connectivity index is 3.30. The van der Waals surface area contributed by atoms with Crippen LogP contribution >= 0.6 is 0 Å². The zero-order valence-corrected chi connectivity index (χ0v) is 8.93. The molecule has 78 valence electrons. The summed E-state index contributed by atoms with van der Waals surface area (Å²) in [7, 11) is 0. The molecule has 0 heterocycles. The van der Waals surface area contributed by atoms with Crippen LogP contribution in [0.15, 0.2) is 0 Å². The quantitative estimate of drug-likeness (QED) is 0.614. The zero-order valence-electron chi connectivity index (χ0n) is 8.93. The molecule has 0 saturated carbocycles. The number of rotatable bonds is 7. The van der Waals surface area contributed by atoms with Crippen molar-refractivity contribution in [3.8, 4) is 0 Å². The Morgan fingerprint density at radius 1 is 1.46 bits per heavy atom. The van der Waals surface area contributed by atoms with E-state index in [2.05, 4.69) is 19.2 Å². The summed E-state index contributed by atoms with van der Waals surface area (Å²) in [4.78, 5) is 11.2. The summed E-state index contributed by atoms with van der Waals surface area (Å²) in [5.74, 6) is 0.612. The molecule has 1 N–H and O–H groups in total. The lowest BCUT2D eigenvalue weighted by Gasteiger charge is -2.08. The van der Waals surface area contributed by atoms with Gasteiger partial charge in [-0.2, -0.15) is 0 Å². The van der Waals surface area contributed by atoms with E-state index in [9.17, 15) is 4.79 Å². The first-order valence-electron chi connectivity index (χ1n) is 5.05. The summed E-state index contributed by atoms with van der Waals surface area (Å²) in [5.41, 5.74) is 0. The van der Waals surface area contributed by atoms with E-state index in [1.165, 1.54) is 0 Å². The second kappa shape index (κ2) is 8.05. The van der Waals surface area contributed by atoms with Crippen LogP contribution in [-0.2, 0) is 9.53 Å². The third-order valence-corrected chi connectivity index (χ3v) is 2.00. The van der Waals surface area contributed by atoms with E-state index in [0.29, 0.717) is 32.1 Å². The number of ether oxygens (including phenoxy) is 1. The van der Waals surface area contributed by atoms with Crippen molar-refractivity contribution in [1.82, 2.24) is 5.32 Å². The lowest BCUT2D eigenvalue weighted by atomic mass is 10.1. The maximum atomic E-state index is 11.2. The van der Waals surface area contributed by atoms with E-state index in [4.69, 9.17) is 4.74 Å². The monoisotopic (exact) mass is 187 g/mol. The molecule has 0 rings (SSSR count). The van der Waals surface area contributed by atoms with Crippen molar-refractivity contribution in [2.75, 3.05) is 19.8 Å². The molecule has 0 aliphatic carbocycles. The van der Waals surface area contributed by atoms with Crippen LogP contribution in [0.1, 0.15) is 33.6 Å². The van der Waals surface area contributed by atoms with E-state index in [1.807, 2.05) is 6.92 Å². The first-order chi connectivity index (χ1) is 6.20. The van der Waals surface area contributed by atoms with Gasteiger partial charge in [0.15, 0.2) is 0 Å². The van der Waals surface area contributed by atoms with Crippen LogP contribution in [0.3, 0.4) is 0 Å². The minimum absolute atomic E-state index is 0.133. The zero-order chi connectivity index (χ0) is 10.1. The van der Waals surface area contributed by atoms with Crippen LogP contribution in [0.5, 0.6) is 0 Å². The molecule has 1 unspecified atom stereocenters. The Bertz CT molecular complexity index is 137. The molecule has 13 heavy (non-hydrogen) atoms. The average Bonchev–Trinajstić information content (AvgIpc) is 2.12. The van der Waals surface area contributed by atoms with E-state index < -0.39 is 0 Å². The van der Waals surface area contributed by atoms with Crippen molar-refractivity contribution in [2.45, 2.75) is 33.6 Å². The van der Waals surface area contributed by atoms with Crippen LogP contribution in [0.2, 0.25) is 0 Å². The lowest BCUT2D eigenvalue weighted by Crippen LogP contribution is -2.28. The molecule has 0 aliphatic rings. The Hall–Kier alpha value is -0.570. The highest BCUT2D eigenvalue weighted by Gasteiger charge is 2.05. The number of hydrogen-bond acceptors (Lipinski definition) is 2. The van der Waals surface area contributed by atoms with Crippen molar-refractivity contribution < 1.29 is 9.53 Å². The summed E-state index contributed by atoms with van der Waals surface area (Å²) in [5, 5.41) is 2.82. The lowest BCUT2D eigenvalue weighted by molar-refractivity contribution is -0.122. The second-order valence-electron chi connectivity index (χ2n) is 3.26. The van der Waals surface area contributed by atoms with Gasteiger partial charge >= 0.3 is 0 Å². The fraction of sp³-hybridized carbons (Fsp3) is 0.900. The highest BCUT2D eigenvalue weighted by molar-refractivity contribution is 5.76. The molecule has 0 aliphatic heterocycles. The van der Waals surface area contributed by atoms with E-state index in [1.54, 1.807) is 0 Å². The average molecular weight is 187 g/mol. The van der Waals surface area contributed by atoms with Crippen LogP contribution < -0.4 is 5.32 Å². The van der Waals surface area contributed by atoms with Gasteiger partial charge in [-0.3, -0.25) is 4.79 Å². The normalized spacial score (nSPS) is 12.5. The molecular formula is C10H21NO2. The standard InChI is InChI=1S/C10H21NO2/c1-4-9(3)8-10(12)11-6-7-13-5-2/h9H,4-8H2,1-3H3,(H,11,12). The van der Waals surface area contributed by atoms with E-state index in [-0.39, 0.29) is 5.91 Å². The van der Waals surface area contributed by atoms with Crippen LogP contribution in [0.4, 0.5) is 0 Å². The molecule has 0 radical (unpaired) electrons. The smallest absolute Gasteiger partial charge is 0.220 e. The van der Waals surface area contributed by atoms with Gasteiger partial charge < -0.3 is 10.1 Å². The van der Waals surface area contributed by atoms with Gasteiger partial charge in [0.25, 0.3) is 0 Å². The molecule has 0 aromatic heterocycles. The maximum absolute atomic E-state index is 11.2. The molecule has 0 spiro atoms. The number of amides is 1. The second-order valence-corrected chi connectivity index (χ2v) is 3.26. The van der Waals surface area contributed by atoms with Crippen molar-refractivity contribution in [3.63, 3.8) is 0 Å². The Labute approximate surface area is 80.8 Å². The van der Waals surface area contributed by atoms with Gasteiger partial charge in [0.2, 0.25) is 5.91 Å². The summed E-state index contributed by atoms with van der Waals surface area (Å²) in [6.07, 6.45) is 1.68. The van der Waals surface area contributed by atoms with Crippen LogP contribution in [0.25, 0.3) is 0 Å². The molecular weight excluding hydrogens is 166 g/mol. The third-order valence-electron chi connectivity index (χ3n) is 2.00. The summed E-state index contributed by atoms with van der Waals surface area (Å²) >= 11 is 0. The largest absolute Gasteiger partial charge is 0.380 e. The molecule has 0 fully saturated rings. The molecule has 0 bridgehead atoms. The SMILES string of the molecule is CCOCCNC(=O)CC(C)CC. The van der Waals surface area contributed by atoms with Crippen LogP contribution in [-0.4, -0.2) is 25.7 Å². The first kappa shape index (κ1) is 12.4.